The standard InChI is InChI=1S/C35H55N3O5/c1-24-20-28(36-8)29(42-26-21-25-14-9-10-15-27(25)38-22-26)30(41-24)43-31-33(2,3)16-13-18-37-17-11-12-19-40-32(39)35(6,7)23-34(31,4)5/h9-10,14-15,21-22,24,28-31,36-37H,11-13,16-20,23H2,1-8H3/t24-,28+,29-,30+,31?/m1/s1. The van der Waals surface area contributed by atoms with Gasteiger partial charge in [-0.05, 0) is 102 Å². The Kier molecular flexibility index (Phi) is 11.1. The van der Waals surface area contributed by atoms with E-state index in [1.165, 1.54) is 0 Å². The molecule has 1 unspecified atom stereocenters. The fourth-order valence-corrected chi connectivity index (χ4v) is 7.35. The molecular formula is C35H55N3O5. The smallest absolute Gasteiger partial charge is 0.311 e. The zero-order chi connectivity index (χ0) is 31.3. The lowest BCUT2D eigenvalue weighted by atomic mass is 9.64. The highest BCUT2D eigenvalue weighted by atomic mass is 16.7. The van der Waals surface area contributed by atoms with Crippen molar-refractivity contribution < 1.29 is 23.7 Å². The fourth-order valence-electron chi connectivity index (χ4n) is 7.35. The molecule has 0 radical (unpaired) electrons. The van der Waals surface area contributed by atoms with Crippen LogP contribution in [0.25, 0.3) is 10.9 Å². The number of hydrogen-bond acceptors (Lipinski definition) is 8. The number of carbonyl (C=O) groups is 1. The van der Waals surface area contributed by atoms with Crippen LogP contribution in [0.4, 0.5) is 0 Å². The molecule has 2 aromatic rings. The molecule has 0 spiro atoms. The van der Waals surface area contributed by atoms with Crippen molar-refractivity contribution in [2.75, 3.05) is 26.7 Å². The van der Waals surface area contributed by atoms with Crippen molar-refractivity contribution in [2.24, 2.45) is 16.2 Å². The summed E-state index contributed by atoms with van der Waals surface area (Å²) in [6.07, 6.45) is 5.80. The third kappa shape index (κ3) is 8.68. The van der Waals surface area contributed by atoms with Crippen LogP contribution in [-0.2, 0) is 19.0 Å². The summed E-state index contributed by atoms with van der Waals surface area (Å²) in [4.78, 5) is 17.9. The quantitative estimate of drug-likeness (QED) is 0.390. The highest BCUT2D eigenvalue weighted by Crippen LogP contribution is 2.47. The van der Waals surface area contributed by atoms with Gasteiger partial charge in [0.05, 0.1) is 42.0 Å². The first-order valence-electron chi connectivity index (χ1n) is 16.2. The third-order valence-corrected chi connectivity index (χ3v) is 9.12. The van der Waals surface area contributed by atoms with Gasteiger partial charge in [-0.2, -0.15) is 0 Å². The normalized spacial score (nSPS) is 30.5. The van der Waals surface area contributed by atoms with Crippen molar-refractivity contribution in [3.8, 4) is 5.75 Å². The predicted octanol–water partition coefficient (Wildman–Crippen LogP) is 6.27. The number of nitrogens with zero attached hydrogens (tertiary/aromatic N) is 1. The highest BCUT2D eigenvalue weighted by Gasteiger charge is 2.50. The van der Waals surface area contributed by atoms with Gasteiger partial charge < -0.3 is 29.6 Å². The van der Waals surface area contributed by atoms with Crippen molar-refractivity contribution in [3.63, 3.8) is 0 Å². The topological polar surface area (TPSA) is 90.9 Å². The summed E-state index contributed by atoms with van der Waals surface area (Å²) < 4.78 is 26.2. The zero-order valence-corrected chi connectivity index (χ0v) is 27.7. The number of likely N-dealkylation sites (N-methyl/N-ethyl adjacent to an activating group) is 1. The average Bonchev–Trinajstić information content (AvgIpc) is 2.94. The second-order valence-corrected chi connectivity index (χ2v) is 14.6. The maximum absolute atomic E-state index is 13.3. The summed E-state index contributed by atoms with van der Waals surface area (Å²) in [7, 11) is 1.97. The third-order valence-electron chi connectivity index (χ3n) is 9.12. The number of hydrogen-bond donors (Lipinski definition) is 2. The van der Waals surface area contributed by atoms with Gasteiger partial charge in [0, 0.05) is 5.39 Å². The molecule has 2 fully saturated rings. The number of aromatic nitrogens is 1. The predicted molar refractivity (Wildman–Crippen MR) is 171 cm³/mol. The number of para-hydroxylation sites is 1. The maximum atomic E-state index is 13.3. The lowest BCUT2D eigenvalue weighted by molar-refractivity contribution is -0.285. The molecule has 240 valence electrons. The lowest BCUT2D eigenvalue weighted by Gasteiger charge is -2.50. The summed E-state index contributed by atoms with van der Waals surface area (Å²) in [6, 6.07) is 10.1. The first-order chi connectivity index (χ1) is 20.3. The van der Waals surface area contributed by atoms with Crippen molar-refractivity contribution in [2.45, 2.75) is 118 Å². The molecule has 5 atom stereocenters. The number of pyridine rings is 1. The number of carbonyl (C=O) groups excluding carboxylic acids is 1. The minimum Gasteiger partial charge on any atom is -0.482 e. The Balaban J connectivity index is 1.66. The average molecular weight is 598 g/mol. The molecule has 1 aromatic carbocycles. The Morgan fingerprint density at radius 3 is 2.53 bits per heavy atom. The first kappa shape index (κ1) is 33.6. The molecule has 8 nitrogen and oxygen atoms in total. The van der Waals surface area contributed by atoms with Crippen LogP contribution in [0.2, 0.25) is 0 Å². The number of fused-ring (bicyclic) bond motifs is 1. The van der Waals surface area contributed by atoms with Crippen LogP contribution < -0.4 is 15.4 Å². The lowest BCUT2D eigenvalue weighted by Crippen LogP contribution is -2.59. The minimum atomic E-state index is -0.666. The summed E-state index contributed by atoms with van der Waals surface area (Å²) in [6.45, 7) is 17.4. The van der Waals surface area contributed by atoms with E-state index in [0.29, 0.717) is 18.8 Å². The van der Waals surface area contributed by atoms with Crippen LogP contribution in [0.5, 0.6) is 5.75 Å². The van der Waals surface area contributed by atoms with Crippen LogP contribution in [0, 0.1) is 16.2 Å². The van der Waals surface area contributed by atoms with Crippen LogP contribution in [0.3, 0.4) is 0 Å². The van der Waals surface area contributed by atoms with Crippen molar-refractivity contribution in [1.82, 2.24) is 15.6 Å². The number of benzene rings is 1. The summed E-state index contributed by atoms with van der Waals surface area (Å²) >= 11 is 0. The first-order valence-corrected chi connectivity index (χ1v) is 16.2. The van der Waals surface area contributed by atoms with Crippen molar-refractivity contribution >= 4 is 16.9 Å². The summed E-state index contributed by atoms with van der Waals surface area (Å²) in [5.41, 5.74) is -0.329. The van der Waals surface area contributed by atoms with Gasteiger partial charge in [-0.3, -0.25) is 9.78 Å². The number of esters is 1. The Bertz CT molecular complexity index is 1200. The van der Waals surface area contributed by atoms with Crippen molar-refractivity contribution in [3.05, 3.63) is 36.5 Å². The Hall–Kier alpha value is -2.26. The monoisotopic (exact) mass is 597 g/mol. The highest BCUT2D eigenvalue weighted by molar-refractivity contribution is 5.79. The molecular weight excluding hydrogens is 542 g/mol. The van der Waals surface area contributed by atoms with E-state index in [4.69, 9.17) is 18.9 Å². The Labute approximate surface area is 259 Å². The summed E-state index contributed by atoms with van der Waals surface area (Å²) in [5, 5.41) is 8.06. The van der Waals surface area contributed by atoms with Crippen LogP contribution in [-0.4, -0.2) is 68.3 Å². The molecule has 0 aliphatic carbocycles. The molecule has 0 saturated carbocycles. The van der Waals surface area contributed by atoms with Gasteiger partial charge >= 0.3 is 5.97 Å². The van der Waals surface area contributed by atoms with Crippen LogP contribution in [0.1, 0.15) is 87.0 Å². The van der Waals surface area contributed by atoms with E-state index < -0.39 is 17.8 Å². The largest absolute Gasteiger partial charge is 0.482 e. The second-order valence-electron chi connectivity index (χ2n) is 14.6. The van der Waals surface area contributed by atoms with Gasteiger partial charge in [-0.1, -0.05) is 45.9 Å². The molecule has 0 amide bonds. The number of rotatable bonds is 5. The van der Waals surface area contributed by atoms with Crippen LogP contribution in [0.15, 0.2) is 36.5 Å². The minimum absolute atomic E-state index is 0.0128. The van der Waals surface area contributed by atoms with Gasteiger partial charge in [0.25, 0.3) is 0 Å². The van der Waals surface area contributed by atoms with E-state index in [1.54, 1.807) is 6.20 Å². The van der Waals surface area contributed by atoms with E-state index in [1.807, 2.05) is 51.2 Å². The van der Waals surface area contributed by atoms with E-state index in [-0.39, 0.29) is 35.0 Å². The molecule has 0 bridgehead atoms. The van der Waals surface area contributed by atoms with Gasteiger partial charge in [0.1, 0.15) is 5.75 Å². The molecule has 43 heavy (non-hydrogen) atoms. The zero-order valence-electron chi connectivity index (χ0n) is 27.7. The van der Waals surface area contributed by atoms with E-state index in [9.17, 15) is 4.79 Å². The fraction of sp³-hybridized carbons (Fsp3) is 0.714. The SMILES string of the molecule is CN[C@H]1C[C@@H](C)O[C@@H](OC2C(C)(C)CCCNCCCCOC(=O)C(C)(C)CC2(C)C)[C@@H]1Oc1cnc2ccccc2c1. The molecule has 4 rings (SSSR count). The molecule has 8 heteroatoms. The van der Waals surface area contributed by atoms with Gasteiger partial charge in [0.15, 0.2) is 12.4 Å². The van der Waals surface area contributed by atoms with Gasteiger partial charge in [0.2, 0.25) is 0 Å². The van der Waals surface area contributed by atoms with Gasteiger partial charge in [-0.15, -0.1) is 0 Å². The molecule has 3 heterocycles. The molecule has 1 aromatic heterocycles. The number of ether oxygens (including phenoxy) is 4. The van der Waals surface area contributed by atoms with E-state index in [2.05, 4.69) is 50.2 Å². The molecule has 2 aliphatic heterocycles. The van der Waals surface area contributed by atoms with E-state index >= 15 is 0 Å². The number of nitrogens with one attached hydrogen (secondary N) is 2. The maximum Gasteiger partial charge on any atom is 0.311 e. The molecule has 2 saturated heterocycles. The van der Waals surface area contributed by atoms with E-state index in [0.717, 1.165) is 56.1 Å². The van der Waals surface area contributed by atoms with Crippen molar-refractivity contribution in [1.29, 1.82) is 0 Å². The van der Waals surface area contributed by atoms with Gasteiger partial charge in [-0.25, -0.2) is 0 Å². The second kappa shape index (κ2) is 14.2. The Morgan fingerprint density at radius 2 is 1.77 bits per heavy atom. The summed E-state index contributed by atoms with van der Waals surface area (Å²) in [5.74, 6) is 0.536. The van der Waals surface area contributed by atoms with Crippen LogP contribution >= 0.6 is 0 Å². The molecule has 2 N–H and O–H groups in total. The Morgan fingerprint density at radius 1 is 1.02 bits per heavy atom. The molecule has 2 aliphatic rings. The number of cyclic esters (lactones) is 1.